The van der Waals surface area contributed by atoms with Crippen LogP contribution in [0.25, 0.3) is 0 Å². The summed E-state index contributed by atoms with van der Waals surface area (Å²) >= 11 is 0. The van der Waals surface area contributed by atoms with Crippen molar-refractivity contribution in [2.24, 2.45) is 9.98 Å². The molecule has 1 fully saturated rings. The molecule has 2 aromatic rings. The maximum atomic E-state index is 10.9. The zero-order valence-corrected chi connectivity index (χ0v) is 22.2. The van der Waals surface area contributed by atoms with Gasteiger partial charge in [-0.2, -0.15) is 0 Å². The lowest BCUT2D eigenvalue weighted by Crippen LogP contribution is -2.27. The lowest BCUT2D eigenvalue weighted by molar-refractivity contribution is 0.390. The highest BCUT2D eigenvalue weighted by atomic mass is 16.3. The van der Waals surface area contributed by atoms with Crippen LogP contribution in [0.3, 0.4) is 0 Å². The van der Waals surface area contributed by atoms with Gasteiger partial charge in [0, 0.05) is 29.1 Å². The second-order valence-corrected chi connectivity index (χ2v) is 12.0. The van der Waals surface area contributed by atoms with Gasteiger partial charge in [0.2, 0.25) is 0 Å². The zero-order valence-electron chi connectivity index (χ0n) is 22.2. The summed E-state index contributed by atoms with van der Waals surface area (Å²) < 4.78 is 0. The van der Waals surface area contributed by atoms with Gasteiger partial charge in [0.05, 0.1) is 12.1 Å². The van der Waals surface area contributed by atoms with E-state index in [0.717, 1.165) is 53.5 Å². The molecule has 184 valence electrons. The van der Waals surface area contributed by atoms with Crippen LogP contribution in [-0.2, 0) is 10.8 Å². The Bertz CT molecular complexity index is 1060. The number of benzene rings is 2. The first kappa shape index (κ1) is 26.0. The number of phenolic OH excluding ortho intramolecular Hbond substituents is 2. The second-order valence-electron chi connectivity index (χ2n) is 12.0. The molecule has 0 saturated heterocycles. The summed E-state index contributed by atoms with van der Waals surface area (Å²) in [6.45, 7) is 16.9. The van der Waals surface area contributed by atoms with Crippen molar-refractivity contribution in [3.8, 4) is 11.5 Å². The van der Waals surface area contributed by atoms with Crippen LogP contribution in [0.2, 0.25) is 0 Å². The smallest absolute Gasteiger partial charge is 0.128 e. The van der Waals surface area contributed by atoms with Crippen LogP contribution in [0.15, 0.2) is 34.3 Å². The van der Waals surface area contributed by atoms with Crippen LogP contribution in [0.5, 0.6) is 11.5 Å². The summed E-state index contributed by atoms with van der Waals surface area (Å²) in [6, 6.07) is 8.29. The minimum atomic E-state index is -0.141. The molecule has 0 spiro atoms. The molecule has 0 aliphatic heterocycles. The zero-order chi connectivity index (χ0) is 25.3. The highest BCUT2D eigenvalue weighted by molar-refractivity contribution is 5.86. The third-order valence-corrected chi connectivity index (χ3v) is 6.79. The van der Waals surface area contributed by atoms with Gasteiger partial charge in [-0.15, -0.1) is 0 Å². The topological polar surface area (TPSA) is 65.2 Å². The molecular weight excluding hydrogens is 420 g/mol. The average molecular weight is 463 g/mol. The number of aromatic hydroxyl groups is 2. The van der Waals surface area contributed by atoms with Gasteiger partial charge in [-0.3, -0.25) is 9.98 Å². The average Bonchev–Trinajstić information content (AvgIpc) is 2.74. The van der Waals surface area contributed by atoms with Crippen molar-refractivity contribution in [1.29, 1.82) is 0 Å². The Labute approximate surface area is 205 Å². The normalized spacial score (nSPS) is 19.9. The summed E-state index contributed by atoms with van der Waals surface area (Å²) in [4.78, 5) is 9.82. The van der Waals surface area contributed by atoms with E-state index >= 15 is 0 Å². The van der Waals surface area contributed by atoms with Gasteiger partial charge >= 0.3 is 0 Å². The minimum absolute atomic E-state index is 0.000438. The van der Waals surface area contributed by atoms with E-state index in [1.54, 1.807) is 0 Å². The van der Waals surface area contributed by atoms with Crippen molar-refractivity contribution in [2.45, 2.75) is 104 Å². The van der Waals surface area contributed by atoms with Gasteiger partial charge in [0.1, 0.15) is 11.5 Å². The molecule has 0 heterocycles. The van der Waals surface area contributed by atoms with Crippen LogP contribution >= 0.6 is 0 Å². The van der Waals surface area contributed by atoms with E-state index in [1.165, 1.54) is 5.56 Å². The second kappa shape index (κ2) is 9.93. The number of hydrogen-bond donors (Lipinski definition) is 2. The predicted molar refractivity (Wildman–Crippen MR) is 144 cm³/mol. The molecule has 3 rings (SSSR count). The highest BCUT2D eigenvalue weighted by Crippen LogP contribution is 2.34. The summed E-state index contributed by atoms with van der Waals surface area (Å²) in [5, 5.41) is 21.5. The van der Waals surface area contributed by atoms with E-state index in [0.29, 0.717) is 11.5 Å². The number of aliphatic imine (C=N–C) groups is 2. The lowest BCUT2D eigenvalue weighted by atomic mass is 9.84. The molecule has 34 heavy (non-hydrogen) atoms. The van der Waals surface area contributed by atoms with Crippen LogP contribution in [0.4, 0.5) is 0 Å². The third kappa shape index (κ3) is 6.08. The molecule has 2 unspecified atom stereocenters. The molecule has 1 saturated carbocycles. The molecular formula is C30H42N2O2. The number of nitrogens with zero attached hydrogens (tertiary/aromatic N) is 2. The molecule has 1 aliphatic rings. The number of rotatable bonds is 4. The maximum Gasteiger partial charge on any atom is 0.128 e. The van der Waals surface area contributed by atoms with Crippen molar-refractivity contribution in [3.63, 3.8) is 0 Å². The fraction of sp³-hybridized carbons (Fsp3) is 0.533. The van der Waals surface area contributed by atoms with Gasteiger partial charge in [0.25, 0.3) is 0 Å². The molecule has 4 heteroatoms. The van der Waals surface area contributed by atoms with E-state index in [1.807, 2.05) is 31.5 Å². The summed E-state index contributed by atoms with van der Waals surface area (Å²) in [7, 11) is 0. The molecule has 2 N–H and O–H groups in total. The van der Waals surface area contributed by atoms with E-state index in [4.69, 9.17) is 9.98 Å². The predicted octanol–water partition coefficient (Wildman–Crippen LogP) is 7.16. The van der Waals surface area contributed by atoms with E-state index in [9.17, 15) is 10.2 Å². The van der Waals surface area contributed by atoms with Crippen LogP contribution in [0.1, 0.15) is 101 Å². The fourth-order valence-electron chi connectivity index (χ4n) is 4.61. The SMILES string of the molecule is Cc1cc(C=NC2CCCCC2N=Cc2cc(C(C)(C)C)cc(C)c2O)c(O)c(C(C)(C)C)c1. The van der Waals surface area contributed by atoms with Gasteiger partial charge in [-0.25, -0.2) is 0 Å². The van der Waals surface area contributed by atoms with Crippen molar-refractivity contribution < 1.29 is 10.2 Å². The number of phenols is 2. The van der Waals surface area contributed by atoms with Crippen molar-refractivity contribution in [2.75, 3.05) is 0 Å². The molecule has 0 radical (unpaired) electrons. The highest BCUT2D eigenvalue weighted by Gasteiger charge is 2.25. The fourth-order valence-corrected chi connectivity index (χ4v) is 4.61. The summed E-state index contributed by atoms with van der Waals surface area (Å²) in [5.74, 6) is 0.615. The summed E-state index contributed by atoms with van der Waals surface area (Å²) in [6.07, 6.45) is 7.88. The van der Waals surface area contributed by atoms with Gasteiger partial charge in [0.15, 0.2) is 0 Å². The Morgan fingerprint density at radius 2 is 1.26 bits per heavy atom. The number of aryl methyl sites for hydroxylation is 2. The van der Waals surface area contributed by atoms with Crippen LogP contribution in [0, 0.1) is 13.8 Å². The van der Waals surface area contributed by atoms with Gasteiger partial charge < -0.3 is 10.2 Å². The van der Waals surface area contributed by atoms with Crippen molar-refractivity contribution in [3.05, 3.63) is 57.6 Å². The summed E-state index contributed by atoms with van der Waals surface area (Å²) in [5.41, 5.74) is 5.51. The van der Waals surface area contributed by atoms with Gasteiger partial charge in [-0.1, -0.05) is 66.5 Å². The molecule has 0 aromatic heterocycles. The quantitative estimate of drug-likeness (QED) is 0.473. The molecule has 2 aromatic carbocycles. The standard InChI is InChI=1S/C30H42N2O2/c1-19-13-21(28(34)24(14-19)30(6,7)8)17-31-25-11-9-10-12-26(25)32-18-22-16-23(29(3,4)5)15-20(2)27(22)33/h13-18,25-26,33-34H,9-12H2,1-8H3. The lowest BCUT2D eigenvalue weighted by Gasteiger charge is -2.26. The number of hydrogen-bond acceptors (Lipinski definition) is 4. The molecule has 2 atom stereocenters. The van der Waals surface area contributed by atoms with Crippen molar-refractivity contribution in [1.82, 2.24) is 0 Å². The Hall–Kier alpha value is -2.62. The Morgan fingerprint density at radius 3 is 1.76 bits per heavy atom. The largest absolute Gasteiger partial charge is 0.507 e. The Balaban J connectivity index is 1.88. The van der Waals surface area contributed by atoms with E-state index in [2.05, 4.69) is 60.6 Å². The maximum absolute atomic E-state index is 10.9. The first-order valence-electron chi connectivity index (χ1n) is 12.5. The molecule has 0 bridgehead atoms. The van der Waals surface area contributed by atoms with E-state index < -0.39 is 0 Å². The minimum Gasteiger partial charge on any atom is -0.507 e. The van der Waals surface area contributed by atoms with Crippen LogP contribution in [-0.4, -0.2) is 34.7 Å². The first-order valence-corrected chi connectivity index (χ1v) is 12.5. The third-order valence-electron chi connectivity index (χ3n) is 6.79. The van der Waals surface area contributed by atoms with Gasteiger partial charge in [-0.05, 0) is 66.3 Å². The van der Waals surface area contributed by atoms with Crippen LogP contribution < -0.4 is 0 Å². The first-order chi connectivity index (χ1) is 15.8. The monoisotopic (exact) mass is 462 g/mol. The Kier molecular flexibility index (Phi) is 7.59. The molecule has 0 amide bonds. The molecule has 1 aliphatic carbocycles. The molecule has 4 nitrogen and oxygen atoms in total. The Morgan fingerprint density at radius 1 is 0.735 bits per heavy atom. The van der Waals surface area contributed by atoms with Crippen molar-refractivity contribution >= 4 is 12.4 Å². The van der Waals surface area contributed by atoms with E-state index in [-0.39, 0.29) is 22.9 Å².